The number of nitriles is 1. The van der Waals surface area contributed by atoms with Crippen molar-refractivity contribution in [2.24, 2.45) is 0 Å². The average Bonchev–Trinajstić information content (AvgIpc) is 2.06. The third-order valence-corrected chi connectivity index (χ3v) is 1.45. The molecule has 1 N–H and O–H groups in total. The minimum Gasteiger partial charge on any atom is -0.761 e. The van der Waals surface area contributed by atoms with E-state index in [0.717, 1.165) is 0 Å². The van der Waals surface area contributed by atoms with Crippen LogP contribution in [0.15, 0.2) is 10.6 Å². The summed E-state index contributed by atoms with van der Waals surface area (Å²) in [6, 6.07) is 1.68. The largest absolute Gasteiger partial charge is 1.00 e. The third kappa shape index (κ3) is 5.11. The predicted molar refractivity (Wildman–Crippen MR) is 45.7 cm³/mol. The van der Waals surface area contributed by atoms with Crippen LogP contribution >= 0.6 is 0 Å². The first-order valence-corrected chi connectivity index (χ1v) is 3.74. The predicted octanol–water partition coefficient (Wildman–Crippen LogP) is -2.95. The van der Waals surface area contributed by atoms with Crippen LogP contribution in [-0.2, 0) is 22.2 Å². The second kappa shape index (κ2) is 8.32. The van der Waals surface area contributed by atoms with Gasteiger partial charge in [0.25, 0.3) is 0 Å². The SMILES string of the molecule is CCOC(=O)/C(C#N)=C(\[S-])NC.[Na+]. The smallest absolute Gasteiger partial charge is 0.761 e. The van der Waals surface area contributed by atoms with Crippen LogP contribution in [-0.4, -0.2) is 19.6 Å². The Morgan fingerprint density at radius 3 is 2.54 bits per heavy atom. The second-order valence-electron chi connectivity index (χ2n) is 1.79. The van der Waals surface area contributed by atoms with Crippen molar-refractivity contribution in [3.8, 4) is 6.07 Å². The normalized spacial score (nSPS) is 10.2. The van der Waals surface area contributed by atoms with E-state index in [9.17, 15) is 4.79 Å². The molecule has 0 fully saturated rings. The molecule has 0 aromatic heterocycles. The fraction of sp³-hybridized carbons (Fsp3) is 0.429. The van der Waals surface area contributed by atoms with Gasteiger partial charge in [0.05, 0.1) is 6.61 Å². The summed E-state index contributed by atoms with van der Waals surface area (Å²) in [4.78, 5) is 11.0. The van der Waals surface area contributed by atoms with Gasteiger partial charge in [-0.3, -0.25) is 0 Å². The van der Waals surface area contributed by atoms with E-state index in [1.807, 2.05) is 0 Å². The maximum atomic E-state index is 11.0. The molecule has 0 unspecified atom stereocenters. The van der Waals surface area contributed by atoms with E-state index in [0.29, 0.717) is 0 Å². The Kier molecular flexibility index (Phi) is 9.74. The van der Waals surface area contributed by atoms with Gasteiger partial charge in [-0.25, -0.2) is 4.79 Å². The minimum atomic E-state index is -0.681. The van der Waals surface area contributed by atoms with E-state index in [4.69, 9.17) is 17.9 Å². The molecule has 0 aliphatic rings. The van der Waals surface area contributed by atoms with Crippen LogP contribution in [0.2, 0.25) is 0 Å². The first-order valence-electron chi connectivity index (χ1n) is 3.33. The third-order valence-electron chi connectivity index (χ3n) is 1.05. The summed E-state index contributed by atoms with van der Waals surface area (Å²) >= 11 is 4.69. The molecule has 66 valence electrons. The summed E-state index contributed by atoms with van der Waals surface area (Å²) in [5, 5.41) is 11.1. The van der Waals surface area contributed by atoms with Crippen molar-refractivity contribution in [2.75, 3.05) is 13.7 Å². The molecule has 0 radical (unpaired) electrons. The number of hydrogen-bond acceptors (Lipinski definition) is 5. The van der Waals surface area contributed by atoms with Gasteiger partial charge in [-0.1, -0.05) is 5.03 Å². The summed E-state index contributed by atoms with van der Waals surface area (Å²) in [7, 11) is 1.54. The van der Waals surface area contributed by atoms with Gasteiger partial charge in [0, 0.05) is 7.05 Å². The average molecular weight is 208 g/mol. The molecule has 0 saturated heterocycles. The number of carbonyl (C=O) groups is 1. The molecule has 0 saturated carbocycles. The van der Waals surface area contributed by atoms with Crippen molar-refractivity contribution in [1.29, 1.82) is 5.26 Å². The van der Waals surface area contributed by atoms with Crippen LogP contribution in [0.5, 0.6) is 0 Å². The van der Waals surface area contributed by atoms with Crippen molar-refractivity contribution in [3.63, 3.8) is 0 Å². The van der Waals surface area contributed by atoms with Gasteiger partial charge in [0.15, 0.2) is 0 Å². The van der Waals surface area contributed by atoms with E-state index in [1.165, 1.54) is 0 Å². The Bertz CT molecular complexity index is 247. The first kappa shape index (κ1) is 15.2. The van der Waals surface area contributed by atoms with Gasteiger partial charge < -0.3 is 22.7 Å². The van der Waals surface area contributed by atoms with Crippen molar-refractivity contribution in [3.05, 3.63) is 10.6 Å². The summed E-state index contributed by atoms with van der Waals surface area (Å²) < 4.78 is 4.59. The van der Waals surface area contributed by atoms with Crippen molar-refractivity contribution in [2.45, 2.75) is 6.92 Å². The molecular formula is C7H9N2NaO2S. The maximum Gasteiger partial charge on any atom is 1.00 e. The fourth-order valence-corrected chi connectivity index (χ4v) is 0.646. The summed E-state index contributed by atoms with van der Waals surface area (Å²) in [6.45, 7) is 1.89. The molecule has 13 heavy (non-hydrogen) atoms. The minimum absolute atomic E-state index is 0. The van der Waals surface area contributed by atoms with E-state index < -0.39 is 5.97 Å². The maximum absolute atomic E-state index is 11.0. The van der Waals surface area contributed by atoms with Crippen molar-refractivity contribution >= 4 is 18.6 Å². The summed E-state index contributed by atoms with van der Waals surface area (Å²) in [5.74, 6) is -0.681. The molecule has 0 amide bonds. The Morgan fingerprint density at radius 1 is 1.69 bits per heavy atom. The number of ether oxygens (including phenoxy) is 1. The molecule has 0 bridgehead atoms. The molecule has 0 aromatic rings. The zero-order valence-corrected chi connectivity index (χ0v) is 10.7. The van der Waals surface area contributed by atoms with E-state index in [-0.39, 0.29) is 46.8 Å². The quantitative estimate of drug-likeness (QED) is 0.177. The van der Waals surface area contributed by atoms with E-state index in [1.54, 1.807) is 20.0 Å². The van der Waals surface area contributed by atoms with Crippen LogP contribution in [0.4, 0.5) is 0 Å². The van der Waals surface area contributed by atoms with Gasteiger partial charge >= 0.3 is 35.5 Å². The zero-order chi connectivity index (χ0) is 9.56. The van der Waals surface area contributed by atoms with Gasteiger partial charge in [0.1, 0.15) is 11.6 Å². The van der Waals surface area contributed by atoms with Crippen LogP contribution in [0.25, 0.3) is 0 Å². The standard InChI is InChI=1S/C7H10N2O2S.Na/c1-3-11-7(10)5(4-8)6(12)9-2;/h9,12H,3H2,1-2H3;/q;+1/p-1/b6-5-;. The molecule has 0 heterocycles. The monoisotopic (exact) mass is 208 g/mol. The number of rotatable bonds is 3. The van der Waals surface area contributed by atoms with Crippen LogP contribution < -0.4 is 34.9 Å². The number of carbonyl (C=O) groups excluding carboxylic acids is 1. The van der Waals surface area contributed by atoms with E-state index in [2.05, 4.69) is 10.1 Å². The molecule has 0 aliphatic heterocycles. The number of nitrogens with one attached hydrogen (secondary N) is 1. The van der Waals surface area contributed by atoms with Crippen LogP contribution in [0.3, 0.4) is 0 Å². The van der Waals surface area contributed by atoms with Crippen molar-refractivity contribution < 1.29 is 39.1 Å². The van der Waals surface area contributed by atoms with E-state index >= 15 is 0 Å². The number of esters is 1. The molecule has 0 atom stereocenters. The van der Waals surface area contributed by atoms with Crippen LogP contribution in [0, 0.1) is 11.3 Å². The Morgan fingerprint density at radius 2 is 2.23 bits per heavy atom. The Balaban J connectivity index is 0. The topological polar surface area (TPSA) is 62.1 Å². The van der Waals surface area contributed by atoms with Crippen LogP contribution in [0.1, 0.15) is 6.92 Å². The molecule has 4 nitrogen and oxygen atoms in total. The van der Waals surface area contributed by atoms with Gasteiger partial charge in [-0.15, -0.1) is 0 Å². The molecule has 0 aliphatic carbocycles. The second-order valence-corrected chi connectivity index (χ2v) is 2.19. The van der Waals surface area contributed by atoms with Gasteiger partial charge in [0.2, 0.25) is 0 Å². The summed E-state index contributed by atoms with van der Waals surface area (Å²) in [5.41, 5.74) is -0.158. The molecule has 0 rings (SSSR count). The van der Waals surface area contributed by atoms with Crippen molar-refractivity contribution in [1.82, 2.24) is 5.32 Å². The van der Waals surface area contributed by atoms with Gasteiger partial charge in [-0.05, 0) is 6.92 Å². The fourth-order valence-electron chi connectivity index (χ4n) is 0.517. The molecule has 0 spiro atoms. The number of nitrogens with zero attached hydrogens (tertiary/aromatic N) is 1. The molecular weight excluding hydrogens is 199 g/mol. The zero-order valence-electron chi connectivity index (χ0n) is 7.88. The van der Waals surface area contributed by atoms with Gasteiger partial charge in [-0.2, -0.15) is 5.26 Å². The Hall–Kier alpha value is -0.280. The number of hydrogen-bond donors (Lipinski definition) is 1. The molecule has 0 aromatic carbocycles. The summed E-state index contributed by atoms with van der Waals surface area (Å²) in [6.07, 6.45) is 0. The molecule has 6 heteroatoms. The first-order chi connectivity index (χ1) is 5.67. The Labute approximate surface area is 105 Å².